The maximum Gasteiger partial charge on any atom is 0.0112 e. The Balaban J connectivity index is 1.86. The van der Waals surface area contributed by atoms with Gasteiger partial charge in [0.15, 0.2) is 0 Å². The number of hydrogen-bond acceptors (Lipinski definition) is 3. The van der Waals surface area contributed by atoms with Crippen LogP contribution in [0.5, 0.6) is 0 Å². The monoisotopic (exact) mass is 185 g/mol. The van der Waals surface area contributed by atoms with Crippen molar-refractivity contribution in [3.8, 4) is 0 Å². The predicted molar refractivity (Wildman–Crippen MR) is 54.8 cm³/mol. The second-order valence-corrected chi connectivity index (χ2v) is 3.45. The summed E-state index contributed by atoms with van der Waals surface area (Å²) in [4.78, 5) is 2.48. The summed E-state index contributed by atoms with van der Waals surface area (Å²) in [6.45, 7) is 8.38. The Morgan fingerprint density at radius 3 is 2.69 bits per heavy atom. The first-order valence-electron chi connectivity index (χ1n) is 5.22. The lowest BCUT2D eigenvalue weighted by molar-refractivity contribution is 0.241. The number of hydrogen-bond donors (Lipinski definition) is 2. The number of piperazine rings is 1. The fourth-order valence-electron chi connectivity index (χ4n) is 1.51. The third kappa shape index (κ3) is 5.21. The molecule has 0 spiro atoms. The molecule has 0 saturated carbocycles. The number of nitrogens with one attached hydrogen (secondary N) is 3. The summed E-state index contributed by atoms with van der Waals surface area (Å²) >= 11 is 0. The zero-order valence-electron chi connectivity index (χ0n) is 8.31. The van der Waals surface area contributed by atoms with E-state index in [4.69, 9.17) is 5.73 Å². The van der Waals surface area contributed by atoms with Crippen molar-refractivity contribution in [3.05, 3.63) is 0 Å². The highest BCUT2D eigenvalue weighted by molar-refractivity contribution is 4.67. The molecule has 1 saturated heterocycles. The van der Waals surface area contributed by atoms with E-state index >= 15 is 0 Å². The van der Waals surface area contributed by atoms with Crippen LogP contribution in [0.25, 0.3) is 0 Å². The molecule has 0 atom stereocenters. The fraction of sp³-hybridized carbons (Fsp3) is 1.00. The van der Waals surface area contributed by atoms with E-state index in [-0.39, 0.29) is 0 Å². The minimum atomic E-state index is 0.542. The van der Waals surface area contributed by atoms with Crippen LogP contribution in [0.3, 0.4) is 0 Å². The average Bonchev–Trinajstić information content (AvgIpc) is 2.19. The highest BCUT2D eigenvalue weighted by Crippen LogP contribution is 1.89. The number of nitrogens with zero attached hydrogens (tertiary/aromatic N) is 1. The van der Waals surface area contributed by atoms with Crippen LogP contribution in [0.4, 0.5) is 0 Å². The van der Waals surface area contributed by atoms with E-state index in [0.29, 0.717) is 6.54 Å². The van der Waals surface area contributed by atoms with Crippen molar-refractivity contribution in [2.75, 3.05) is 52.4 Å². The molecule has 0 aromatic carbocycles. The highest BCUT2D eigenvalue weighted by Gasteiger charge is 2.07. The third-order valence-electron chi connectivity index (χ3n) is 2.34. The molecule has 0 aliphatic carbocycles. The van der Waals surface area contributed by atoms with E-state index in [0.717, 1.165) is 39.1 Å². The minimum absolute atomic E-state index is 0.542. The molecule has 1 radical (unpaired) electrons. The number of rotatable bonds is 6. The summed E-state index contributed by atoms with van der Waals surface area (Å²) in [5, 5.41) is 6.69. The Bertz CT molecular complexity index is 112. The largest absolute Gasteiger partial charge is 0.315 e. The molecule has 0 amide bonds. The third-order valence-corrected chi connectivity index (χ3v) is 2.34. The molecule has 13 heavy (non-hydrogen) atoms. The van der Waals surface area contributed by atoms with Crippen LogP contribution in [0.15, 0.2) is 0 Å². The molecule has 0 bridgehead atoms. The van der Waals surface area contributed by atoms with E-state index in [1.54, 1.807) is 0 Å². The van der Waals surface area contributed by atoms with Gasteiger partial charge in [-0.2, -0.15) is 0 Å². The van der Waals surface area contributed by atoms with Crippen LogP contribution in [-0.4, -0.2) is 57.3 Å². The zero-order chi connectivity index (χ0) is 9.36. The summed E-state index contributed by atoms with van der Waals surface area (Å²) in [6.07, 6.45) is 0.974. The second-order valence-electron chi connectivity index (χ2n) is 3.45. The van der Waals surface area contributed by atoms with Gasteiger partial charge < -0.3 is 10.6 Å². The van der Waals surface area contributed by atoms with Crippen molar-refractivity contribution in [1.29, 1.82) is 0 Å². The van der Waals surface area contributed by atoms with Crippen molar-refractivity contribution in [2.24, 2.45) is 0 Å². The van der Waals surface area contributed by atoms with Gasteiger partial charge in [-0.1, -0.05) is 0 Å². The lowest BCUT2D eigenvalue weighted by Crippen LogP contribution is -2.45. The van der Waals surface area contributed by atoms with Gasteiger partial charge in [0.2, 0.25) is 0 Å². The first kappa shape index (κ1) is 10.9. The van der Waals surface area contributed by atoms with Crippen LogP contribution >= 0.6 is 0 Å². The lowest BCUT2D eigenvalue weighted by Gasteiger charge is -2.27. The van der Waals surface area contributed by atoms with Gasteiger partial charge in [-0.15, -0.1) is 0 Å². The van der Waals surface area contributed by atoms with Crippen LogP contribution < -0.4 is 16.4 Å². The standard InChI is InChI=1S/C9H21N4/c10-2-1-3-11-4-7-13-8-5-12-6-9-13/h10-12H,1-9H2. The summed E-state index contributed by atoms with van der Waals surface area (Å²) in [5.74, 6) is 0. The van der Waals surface area contributed by atoms with Gasteiger partial charge in [-0.3, -0.25) is 10.6 Å². The highest BCUT2D eigenvalue weighted by atomic mass is 15.2. The second kappa shape index (κ2) is 7.26. The van der Waals surface area contributed by atoms with Crippen LogP contribution in [0.2, 0.25) is 0 Å². The minimum Gasteiger partial charge on any atom is -0.315 e. The molecular formula is C9H21N4. The van der Waals surface area contributed by atoms with Crippen molar-refractivity contribution in [2.45, 2.75) is 6.42 Å². The Morgan fingerprint density at radius 2 is 2.00 bits per heavy atom. The Labute approximate surface area is 80.9 Å². The summed E-state index contributed by atoms with van der Waals surface area (Å²) in [7, 11) is 0. The van der Waals surface area contributed by atoms with Gasteiger partial charge in [-0.05, 0) is 13.0 Å². The topological polar surface area (TPSA) is 51.1 Å². The van der Waals surface area contributed by atoms with Crippen molar-refractivity contribution in [3.63, 3.8) is 0 Å². The smallest absolute Gasteiger partial charge is 0.0112 e. The zero-order valence-corrected chi connectivity index (χ0v) is 8.31. The average molecular weight is 185 g/mol. The lowest BCUT2D eigenvalue weighted by atomic mass is 10.3. The summed E-state index contributed by atoms with van der Waals surface area (Å²) in [6, 6.07) is 0. The Morgan fingerprint density at radius 1 is 1.23 bits per heavy atom. The molecular weight excluding hydrogens is 164 g/mol. The van der Waals surface area contributed by atoms with Gasteiger partial charge >= 0.3 is 0 Å². The Hall–Kier alpha value is -0.160. The first-order valence-corrected chi connectivity index (χ1v) is 5.22. The van der Waals surface area contributed by atoms with Gasteiger partial charge in [0.05, 0.1) is 0 Å². The fourth-order valence-corrected chi connectivity index (χ4v) is 1.51. The van der Waals surface area contributed by atoms with Gasteiger partial charge in [0.1, 0.15) is 0 Å². The molecule has 0 unspecified atom stereocenters. The van der Waals surface area contributed by atoms with Gasteiger partial charge in [0, 0.05) is 45.8 Å². The summed E-state index contributed by atoms with van der Waals surface area (Å²) < 4.78 is 0. The Kier molecular flexibility index (Phi) is 6.10. The van der Waals surface area contributed by atoms with Crippen molar-refractivity contribution >= 4 is 0 Å². The van der Waals surface area contributed by atoms with E-state index in [2.05, 4.69) is 15.5 Å². The summed E-state index contributed by atoms with van der Waals surface area (Å²) in [5.41, 5.74) is 6.98. The molecule has 1 aliphatic rings. The quantitative estimate of drug-likeness (QED) is 0.530. The van der Waals surface area contributed by atoms with Crippen molar-refractivity contribution in [1.82, 2.24) is 21.3 Å². The molecule has 3 N–H and O–H groups in total. The molecule has 1 fully saturated rings. The molecule has 4 heteroatoms. The normalized spacial score (nSPS) is 19.2. The molecule has 1 rings (SSSR count). The van der Waals surface area contributed by atoms with Crippen LogP contribution in [-0.2, 0) is 0 Å². The SMILES string of the molecule is [NH]CCCNCCN1CCNCC1. The molecule has 0 aromatic heterocycles. The van der Waals surface area contributed by atoms with Crippen molar-refractivity contribution < 1.29 is 0 Å². The molecule has 1 aliphatic heterocycles. The first-order chi connectivity index (χ1) is 6.43. The van der Waals surface area contributed by atoms with Gasteiger partial charge in [-0.25, -0.2) is 0 Å². The van der Waals surface area contributed by atoms with Crippen LogP contribution in [0.1, 0.15) is 6.42 Å². The molecule has 0 aromatic rings. The van der Waals surface area contributed by atoms with E-state index in [9.17, 15) is 0 Å². The van der Waals surface area contributed by atoms with E-state index in [1.807, 2.05) is 0 Å². The van der Waals surface area contributed by atoms with Gasteiger partial charge in [0.25, 0.3) is 0 Å². The maximum absolute atomic E-state index is 6.98. The maximum atomic E-state index is 6.98. The predicted octanol–water partition coefficient (Wildman–Crippen LogP) is -0.846. The van der Waals surface area contributed by atoms with E-state index in [1.165, 1.54) is 13.1 Å². The van der Waals surface area contributed by atoms with Crippen LogP contribution in [0, 0.1) is 0 Å². The molecule has 77 valence electrons. The molecule has 4 nitrogen and oxygen atoms in total. The van der Waals surface area contributed by atoms with E-state index < -0.39 is 0 Å². The molecule has 1 heterocycles.